The molecule has 3 nitrogen and oxygen atoms in total. The summed E-state index contributed by atoms with van der Waals surface area (Å²) in [6.45, 7) is 5.29. The molecule has 1 amide bonds. The first-order valence-electron chi connectivity index (χ1n) is 3.18. The van der Waals surface area contributed by atoms with Gasteiger partial charge < -0.3 is 9.64 Å². The average Bonchev–Trinajstić information content (AvgIpc) is 2.23. The number of ether oxygens (including phenoxy) is 1. The number of carbonyl (C=O) groups is 1. The molecule has 1 aliphatic rings. The first-order chi connectivity index (χ1) is 4.30. The van der Waals surface area contributed by atoms with E-state index in [2.05, 4.69) is 4.74 Å². The molecule has 0 radical (unpaired) electrons. The van der Waals surface area contributed by atoms with Crippen LogP contribution in [0.25, 0.3) is 0 Å². The average molecular weight is 131 g/mol. The zero-order valence-electron chi connectivity index (χ0n) is 6.18. The van der Waals surface area contributed by atoms with E-state index in [1.165, 1.54) is 0 Å². The molecule has 1 rings (SSSR count). The lowest BCUT2D eigenvalue weighted by molar-refractivity contribution is 0.163. The Labute approximate surface area is 55.6 Å². The molecule has 0 spiro atoms. The summed E-state index contributed by atoms with van der Waals surface area (Å²) in [6, 6.07) is 0. The molecule has 0 aliphatic carbocycles. The summed E-state index contributed by atoms with van der Waals surface area (Å²) in [4.78, 5) is 11.8. The van der Waals surface area contributed by atoms with Gasteiger partial charge in [-0.15, -0.1) is 0 Å². The van der Waals surface area contributed by atoms with Crippen LogP contribution >= 0.6 is 0 Å². The number of amides is 1. The maximum Gasteiger partial charge on any atom is 0.409 e. The Morgan fingerprint density at radius 1 is 1.56 bits per heavy atom. The lowest BCUT2D eigenvalue weighted by Gasteiger charge is -1.98. The van der Waals surface area contributed by atoms with Gasteiger partial charge in [0, 0.05) is 7.05 Å². The van der Waals surface area contributed by atoms with Crippen LogP contribution in [0.15, 0.2) is 0 Å². The van der Waals surface area contributed by atoms with Gasteiger partial charge >= 0.3 is 6.09 Å². The highest BCUT2D eigenvalue weighted by Gasteiger charge is 2.15. The predicted molar refractivity (Wildman–Crippen MR) is 35.3 cm³/mol. The van der Waals surface area contributed by atoms with Crippen LogP contribution in [0.2, 0.25) is 0 Å². The normalized spacial score (nSPS) is 16.3. The van der Waals surface area contributed by atoms with Gasteiger partial charge in [0.05, 0.1) is 6.54 Å². The first-order valence-corrected chi connectivity index (χ1v) is 3.18. The van der Waals surface area contributed by atoms with Gasteiger partial charge in [-0.3, -0.25) is 0 Å². The summed E-state index contributed by atoms with van der Waals surface area (Å²) in [5.41, 5.74) is 0. The van der Waals surface area contributed by atoms with E-state index in [-0.39, 0.29) is 6.09 Å². The van der Waals surface area contributed by atoms with Gasteiger partial charge in [-0.05, 0) is 0 Å². The Hall–Kier alpha value is -0.730. The second kappa shape index (κ2) is 4.18. The highest BCUT2D eigenvalue weighted by molar-refractivity contribution is 5.68. The van der Waals surface area contributed by atoms with Crippen LogP contribution < -0.4 is 0 Å². The Morgan fingerprint density at radius 2 is 2.11 bits per heavy atom. The Kier molecular flexibility index (Phi) is 3.84. The second-order valence-corrected chi connectivity index (χ2v) is 1.54. The van der Waals surface area contributed by atoms with E-state index < -0.39 is 0 Å². The Balaban J connectivity index is 0.000000291. The number of carbonyl (C=O) groups excluding carboxylic acids is 1. The summed E-state index contributed by atoms with van der Waals surface area (Å²) in [6.07, 6.45) is -0.208. The predicted octanol–water partition coefficient (Wildman–Crippen LogP) is 1.09. The van der Waals surface area contributed by atoms with Gasteiger partial charge in [0.2, 0.25) is 0 Å². The van der Waals surface area contributed by atoms with Gasteiger partial charge in [0.1, 0.15) is 6.61 Å². The molecule has 0 aromatic rings. The van der Waals surface area contributed by atoms with Crippen LogP contribution in [0, 0.1) is 0 Å². The number of hydrogen-bond donors (Lipinski definition) is 0. The zero-order chi connectivity index (χ0) is 7.28. The molecule has 54 valence electrons. The molecule has 0 unspecified atom stereocenters. The molecule has 0 atom stereocenters. The molecule has 0 bridgehead atoms. The van der Waals surface area contributed by atoms with Gasteiger partial charge in [0.15, 0.2) is 0 Å². The van der Waals surface area contributed by atoms with Gasteiger partial charge in [-0.25, -0.2) is 4.79 Å². The molecule has 1 fully saturated rings. The molecule has 0 saturated carbocycles. The minimum absolute atomic E-state index is 0.208. The van der Waals surface area contributed by atoms with Crippen molar-refractivity contribution in [3.8, 4) is 0 Å². The molecular formula is C6H13NO2. The quantitative estimate of drug-likeness (QED) is 0.492. The van der Waals surface area contributed by atoms with Crippen molar-refractivity contribution in [1.29, 1.82) is 0 Å². The van der Waals surface area contributed by atoms with Crippen molar-refractivity contribution < 1.29 is 9.53 Å². The van der Waals surface area contributed by atoms with Crippen molar-refractivity contribution in [2.45, 2.75) is 13.8 Å². The highest BCUT2D eigenvalue weighted by Crippen LogP contribution is 1.96. The standard InChI is InChI=1S/C4H7NO2.C2H6/c1-5-2-3-7-4(5)6;1-2/h2-3H2,1H3;1-2H3. The number of nitrogens with zero attached hydrogens (tertiary/aromatic N) is 1. The molecule has 3 heteroatoms. The molecule has 0 aromatic carbocycles. The fraction of sp³-hybridized carbons (Fsp3) is 0.833. The third kappa shape index (κ3) is 2.35. The molecule has 0 aromatic heterocycles. The summed E-state index contributed by atoms with van der Waals surface area (Å²) in [5.74, 6) is 0. The van der Waals surface area contributed by atoms with Crippen molar-refractivity contribution in [1.82, 2.24) is 4.90 Å². The monoisotopic (exact) mass is 131 g/mol. The van der Waals surface area contributed by atoms with Crippen molar-refractivity contribution in [2.75, 3.05) is 20.2 Å². The molecule has 1 saturated heterocycles. The van der Waals surface area contributed by atoms with Crippen LogP contribution in [0.1, 0.15) is 13.8 Å². The SMILES string of the molecule is CC.CN1CCOC1=O. The van der Waals surface area contributed by atoms with E-state index >= 15 is 0 Å². The minimum Gasteiger partial charge on any atom is -0.448 e. The molecular weight excluding hydrogens is 118 g/mol. The van der Waals surface area contributed by atoms with Crippen LogP contribution in [0.5, 0.6) is 0 Å². The topological polar surface area (TPSA) is 29.5 Å². The summed E-state index contributed by atoms with van der Waals surface area (Å²) in [5, 5.41) is 0. The third-order valence-corrected chi connectivity index (χ3v) is 0.964. The highest BCUT2D eigenvalue weighted by atomic mass is 16.6. The van der Waals surface area contributed by atoms with E-state index in [9.17, 15) is 4.79 Å². The second-order valence-electron chi connectivity index (χ2n) is 1.54. The van der Waals surface area contributed by atoms with E-state index in [4.69, 9.17) is 0 Å². The summed E-state index contributed by atoms with van der Waals surface area (Å²) in [7, 11) is 1.72. The third-order valence-electron chi connectivity index (χ3n) is 0.964. The first kappa shape index (κ1) is 8.27. The largest absolute Gasteiger partial charge is 0.448 e. The fourth-order valence-electron chi connectivity index (χ4n) is 0.471. The van der Waals surface area contributed by atoms with Gasteiger partial charge in [-0.1, -0.05) is 13.8 Å². The minimum atomic E-state index is -0.208. The summed E-state index contributed by atoms with van der Waals surface area (Å²) < 4.78 is 4.55. The van der Waals surface area contributed by atoms with Gasteiger partial charge in [-0.2, -0.15) is 0 Å². The maximum atomic E-state index is 10.3. The molecule has 1 aliphatic heterocycles. The molecule has 9 heavy (non-hydrogen) atoms. The van der Waals surface area contributed by atoms with Gasteiger partial charge in [0.25, 0.3) is 0 Å². The van der Waals surface area contributed by atoms with Crippen molar-refractivity contribution in [2.24, 2.45) is 0 Å². The number of hydrogen-bond acceptors (Lipinski definition) is 2. The van der Waals surface area contributed by atoms with Crippen LogP contribution in [0.3, 0.4) is 0 Å². The number of likely N-dealkylation sites (N-methyl/N-ethyl adjacent to an activating group) is 1. The lowest BCUT2D eigenvalue weighted by Crippen LogP contribution is -2.17. The summed E-state index contributed by atoms with van der Waals surface area (Å²) >= 11 is 0. The van der Waals surface area contributed by atoms with E-state index in [1.807, 2.05) is 13.8 Å². The van der Waals surface area contributed by atoms with E-state index in [0.717, 1.165) is 6.54 Å². The Morgan fingerprint density at radius 3 is 2.22 bits per heavy atom. The van der Waals surface area contributed by atoms with Crippen LogP contribution in [-0.4, -0.2) is 31.2 Å². The number of cyclic esters (lactones) is 1. The Bertz CT molecular complexity index is 93.1. The van der Waals surface area contributed by atoms with Crippen molar-refractivity contribution in [3.05, 3.63) is 0 Å². The molecule has 0 N–H and O–H groups in total. The van der Waals surface area contributed by atoms with Crippen LogP contribution in [0.4, 0.5) is 4.79 Å². The fourth-order valence-corrected chi connectivity index (χ4v) is 0.471. The smallest absolute Gasteiger partial charge is 0.409 e. The zero-order valence-corrected chi connectivity index (χ0v) is 6.18. The van der Waals surface area contributed by atoms with E-state index in [0.29, 0.717) is 6.61 Å². The number of rotatable bonds is 0. The van der Waals surface area contributed by atoms with Crippen molar-refractivity contribution >= 4 is 6.09 Å². The van der Waals surface area contributed by atoms with Crippen LogP contribution in [-0.2, 0) is 4.74 Å². The molecule has 1 heterocycles. The van der Waals surface area contributed by atoms with E-state index in [1.54, 1.807) is 11.9 Å². The van der Waals surface area contributed by atoms with Crippen molar-refractivity contribution in [3.63, 3.8) is 0 Å². The maximum absolute atomic E-state index is 10.3. The lowest BCUT2D eigenvalue weighted by atomic mass is 10.7.